The van der Waals surface area contributed by atoms with E-state index < -0.39 is 48.3 Å². The van der Waals surface area contributed by atoms with Gasteiger partial charge in [-0.25, -0.2) is 16.8 Å². The molecule has 0 spiro atoms. The number of thioether (sulfide) groups is 2. The van der Waals surface area contributed by atoms with Crippen molar-refractivity contribution in [2.24, 2.45) is 0 Å². The van der Waals surface area contributed by atoms with Gasteiger partial charge in [0, 0.05) is 15.7 Å². The number of allylic oxidation sites excluding steroid dienone is 6. The Morgan fingerprint density at radius 1 is 0.587 bits per heavy atom. The molecule has 0 aliphatic carbocycles. The summed E-state index contributed by atoms with van der Waals surface area (Å²) in [5.74, 6) is -0.623. The summed E-state index contributed by atoms with van der Waals surface area (Å²) in [7, 11) is -8.04. The van der Waals surface area contributed by atoms with Crippen LogP contribution in [0.5, 0.6) is 0 Å². The van der Waals surface area contributed by atoms with E-state index in [2.05, 4.69) is 0 Å². The van der Waals surface area contributed by atoms with Crippen LogP contribution in [0.15, 0.2) is 201 Å². The van der Waals surface area contributed by atoms with Crippen LogP contribution in [-0.2, 0) is 19.7 Å². The minimum absolute atomic E-state index is 0.121. The third-order valence-corrected chi connectivity index (χ3v) is 17.0. The largest absolute Gasteiger partial charge is 0.391 e. The number of aliphatic hydroxyl groups is 2. The second kappa shape index (κ2) is 23.8. The highest BCUT2D eigenvalue weighted by Gasteiger charge is 2.39. The van der Waals surface area contributed by atoms with Crippen LogP contribution >= 0.6 is 23.5 Å². The highest BCUT2D eigenvalue weighted by Crippen LogP contribution is 2.35. The molecule has 6 nitrogen and oxygen atoms in total. The molecule has 0 saturated carbocycles. The van der Waals surface area contributed by atoms with Crippen LogP contribution in [0.4, 0.5) is 0 Å². The molecule has 5 aromatic carbocycles. The molecule has 0 aromatic heterocycles. The zero-order valence-corrected chi connectivity index (χ0v) is 39.8. The highest BCUT2D eigenvalue weighted by atomic mass is 32.2. The molecule has 0 aliphatic rings. The first-order valence-corrected chi connectivity index (χ1v) is 26.4. The average molecular weight is 919 g/mol. The molecule has 0 aliphatic heterocycles. The first kappa shape index (κ1) is 49.3. The molecule has 0 heterocycles. The molecule has 5 aromatic rings. The van der Waals surface area contributed by atoms with Gasteiger partial charge in [0.15, 0.2) is 19.7 Å². The molecule has 0 radical (unpaired) electrons. The second-order valence-electron chi connectivity index (χ2n) is 15.5. The number of hydrogen-bond acceptors (Lipinski definition) is 8. The van der Waals surface area contributed by atoms with Gasteiger partial charge in [0.2, 0.25) is 0 Å². The van der Waals surface area contributed by atoms with E-state index in [1.807, 2.05) is 129 Å². The van der Waals surface area contributed by atoms with E-state index in [-0.39, 0.29) is 16.2 Å². The van der Waals surface area contributed by atoms with Gasteiger partial charge in [-0.1, -0.05) is 150 Å². The lowest BCUT2D eigenvalue weighted by molar-refractivity contribution is 0.145. The highest BCUT2D eigenvalue weighted by molar-refractivity contribution is 7.98. The minimum Gasteiger partial charge on any atom is -0.391 e. The SMILES string of the molecule is CSc1ccc(/C=C/C=C(\C)C(C(O)CC/C=C/CC(c2ccc(C)cc2)C(O)C(/C(C)=C/C=C/c2ccc(SC)cc2)S(=O)(=O)c2ccccc2)S(=O)(=O)c2ccccc2)cc1. The summed E-state index contributed by atoms with van der Waals surface area (Å²) < 4.78 is 57.2. The standard InChI is InChI=1S/C53H58O6S4/c1-39-27-33-44(34-28-39)49(51(55)53(63(58,59)48-23-11-7-12-24-48)41(3)18-16-20-43-31-37-46(61-5)38-32-43)25-13-8-14-26-50(54)52(62(56,57)47-21-9-6-10-22-47)40(2)17-15-19-42-29-35-45(60-4)36-30-42/h6-13,15-24,27-38,49-55H,14,25-26H2,1-5H3/b13-8+,19-15+,20-16+,40-17+,41-18+. The van der Waals surface area contributed by atoms with Crippen LogP contribution in [-0.4, -0.2) is 62.3 Å². The summed E-state index contributed by atoms with van der Waals surface area (Å²) in [6.07, 6.45) is 17.0. The molecule has 5 atom stereocenters. The molecule has 0 bridgehead atoms. The van der Waals surface area contributed by atoms with E-state index in [0.29, 0.717) is 24.0 Å². The van der Waals surface area contributed by atoms with E-state index in [1.54, 1.807) is 110 Å². The predicted molar refractivity (Wildman–Crippen MR) is 266 cm³/mol. The van der Waals surface area contributed by atoms with Gasteiger partial charge in [0.25, 0.3) is 0 Å². The molecule has 10 heteroatoms. The predicted octanol–water partition coefficient (Wildman–Crippen LogP) is 12.0. The molecule has 63 heavy (non-hydrogen) atoms. The maximum atomic E-state index is 14.5. The Morgan fingerprint density at radius 2 is 1.03 bits per heavy atom. The number of aliphatic hydroxyl groups excluding tert-OH is 2. The van der Waals surface area contributed by atoms with Crippen molar-refractivity contribution in [1.82, 2.24) is 0 Å². The molecule has 5 rings (SSSR count). The van der Waals surface area contributed by atoms with Gasteiger partial charge in [0.05, 0.1) is 22.0 Å². The zero-order chi connectivity index (χ0) is 45.4. The first-order chi connectivity index (χ1) is 30.3. The fourth-order valence-corrected chi connectivity index (χ4v) is 12.2. The normalized spacial score (nSPS) is 15.5. The number of aryl methyl sites for hydroxylation is 1. The Hall–Kier alpha value is -4.68. The molecule has 330 valence electrons. The van der Waals surface area contributed by atoms with Crippen molar-refractivity contribution in [2.45, 2.75) is 88.2 Å². The minimum atomic E-state index is -4.07. The number of sulfone groups is 2. The summed E-state index contributed by atoms with van der Waals surface area (Å²) in [6.45, 7) is 5.45. The number of benzene rings is 5. The Morgan fingerprint density at radius 3 is 1.49 bits per heavy atom. The van der Waals surface area contributed by atoms with Crippen LogP contribution in [0.25, 0.3) is 12.2 Å². The van der Waals surface area contributed by atoms with Crippen LogP contribution in [0, 0.1) is 6.92 Å². The topological polar surface area (TPSA) is 109 Å². The Bertz CT molecular complexity index is 2580. The first-order valence-electron chi connectivity index (χ1n) is 20.9. The maximum Gasteiger partial charge on any atom is 0.187 e. The molecule has 0 saturated heterocycles. The molecule has 0 amide bonds. The van der Waals surface area contributed by atoms with E-state index in [0.717, 1.165) is 32.0 Å². The van der Waals surface area contributed by atoms with Crippen molar-refractivity contribution in [1.29, 1.82) is 0 Å². The van der Waals surface area contributed by atoms with Crippen LogP contribution < -0.4 is 0 Å². The van der Waals surface area contributed by atoms with Gasteiger partial charge in [-0.2, -0.15) is 0 Å². The van der Waals surface area contributed by atoms with Gasteiger partial charge in [0.1, 0.15) is 10.5 Å². The Kier molecular flexibility index (Phi) is 18.7. The molecular weight excluding hydrogens is 861 g/mol. The van der Waals surface area contributed by atoms with Crippen LogP contribution in [0.3, 0.4) is 0 Å². The summed E-state index contributed by atoms with van der Waals surface area (Å²) in [6, 6.07) is 40.3. The lowest BCUT2D eigenvalue weighted by Crippen LogP contribution is -2.39. The quantitative estimate of drug-likeness (QED) is 0.0426. The van der Waals surface area contributed by atoms with Crippen molar-refractivity contribution in [3.63, 3.8) is 0 Å². The van der Waals surface area contributed by atoms with Crippen LogP contribution in [0.1, 0.15) is 61.3 Å². The third-order valence-electron chi connectivity index (χ3n) is 11.0. The zero-order valence-electron chi connectivity index (χ0n) is 36.5. The molecule has 5 unspecified atom stereocenters. The van der Waals surface area contributed by atoms with Gasteiger partial charge >= 0.3 is 0 Å². The van der Waals surface area contributed by atoms with E-state index in [9.17, 15) is 27.0 Å². The second-order valence-corrected chi connectivity index (χ2v) is 21.4. The fourth-order valence-electron chi connectivity index (χ4n) is 7.48. The summed E-state index contributed by atoms with van der Waals surface area (Å²) in [5, 5.41) is 21.6. The third kappa shape index (κ3) is 13.7. The van der Waals surface area contributed by atoms with Crippen LogP contribution in [0.2, 0.25) is 0 Å². The number of rotatable bonds is 21. The van der Waals surface area contributed by atoms with Gasteiger partial charge < -0.3 is 10.2 Å². The summed E-state index contributed by atoms with van der Waals surface area (Å²) in [4.78, 5) is 2.54. The van der Waals surface area contributed by atoms with Crippen molar-refractivity contribution >= 4 is 55.4 Å². The molecule has 2 N–H and O–H groups in total. The van der Waals surface area contributed by atoms with Gasteiger partial charge in [-0.3, -0.25) is 0 Å². The summed E-state index contributed by atoms with van der Waals surface area (Å²) >= 11 is 3.31. The van der Waals surface area contributed by atoms with E-state index in [4.69, 9.17) is 0 Å². The lowest BCUT2D eigenvalue weighted by Gasteiger charge is -2.30. The van der Waals surface area contributed by atoms with E-state index in [1.165, 1.54) is 0 Å². The maximum absolute atomic E-state index is 14.5. The van der Waals surface area contributed by atoms with Crippen molar-refractivity contribution in [3.8, 4) is 0 Å². The van der Waals surface area contributed by atoms with Gasteiger partial charge in [-0.05, 0) is 118 Å². The number of hydrogen-bond donors (Lipinski definition) is 2. The van der Waals surface area contributed by atoms with Crippen molar-refractivity contribution in [2.75, 3.05) is 12.5 Å². The summed E-state index contributed by atoms with van der Waals surface area (Å²) in [5.41, 5.74) is 4.75. The monoisotopic (exact) mass is 918 g/mol. The average Bonchev–Trinajstić information content (AvgIpc) is 3.29. The van der Waals surface area contributed by atoms with E-state index >= 15 is 0 Å². The Balaban J connectivity index is 1.40. The van der Waals surface area contributed by atoms with Crippen molar-refractivity contribution in [3.05, 3.63) is 203 Å². The Labute approximate surface area is 384 Å². The van der Waals surface area contributed by atoms with Gasteiger partial charge in [-0.15, -0.1) is 23.5 Å². The van der Waals surface area contributed by atoms with Crippen molar-refractivity contribution < 1.29 is 27.0 Å². The smallest absolute Gasteiger partial charge is 0.187 e. The fraction of sp³-hybridized carbons (Fsp3) is 0.245. The lowest BCUT2D eigenvalue weighted by atomic mass is 9.86. The molecular formula is C53H58O6S4. The molecule has 0 fully saturated rings.